The Balaban J connectivity index is 2.84. The topological polar surface area (TPSA) is 63.2 Å². The van der Waals surface area contributed by atoms with Gasteiger partial charge in [-0.05, 0) is 17.7 Å². The molecular formula is C8H8ClNO3S. The van der Waals surface area contributed by atoms with Gasteiger partial charge in [0.2, 0.25) is 6.41 Å². The molecule has 0 fully saturated rings. The molecule has 6 heteroatoms. The fourth-order valence-corrected chi connectivity index (χ4v) is 1.70. The zero-order valence-electron chi connectivity index (χ0n) is 7.10. The SMILES string of the molecule is O=CNCc1ccc(S(=O)(=O)Cl)cc1. The van der Waals surface area contributed by atoms with Crippen LogP contribution in [0, 0.1) is 0 Å². The number of carbonyl (C=O) groups excluding carboxylic acids is 1. The minimum Gasteiger partial charge on any atom is -0.355 e. The van der Waals surface area contributed by atoms with Crippen LogP contribution in [0.4, 0.5) is 0 Å². The van der Waals surface area contributed by atoms with Crippen molar-refractivity contribution in [1.82, 2.24) is 5.32 Å². The van der Waals surface area contributed by atoms with Gasteiger partial charge in [-0.25, -0.2) is 8.42 Å². The Morgan fingerprint density at radius 3 is 2.29 bits per heavy atom. The van der Waals surface area contributed by atoms with Crippen molar-refractivity contribution >= 4 is 26.1 Å². The summed E-state index contributed by atoms with van der Waals surface area (Å²) in [6.45, 7) is 0.367. The highest BCUT2D eigenvalue weighted by molar-refractivity contribution is 8.13. The summed E-state index contributed by atoms with van der Waals surface area (Å²) >= 11 is 0. The summed E-state index contributed by atoms with van der Waals surface area (Å²) in [5.74, 6) is 0. The molecule has 0 aliphatic carbocycles. The average Bonchev–Trinajstić information content (AvgIpc) is 2.14. The van der Waals surface area contributed by atoms with E-state index in [1.54, 1.807) is 12.1 Å². The van der Waals surface area contributed by atoms with Crippen LogP contribution >= 0.6 is 10.7 Å². The van der Waals surface area contributed by atoms with Crippen molar-refractivity contribution in [3.05, 3.63) is 29.8 Å². The number of hydrogen-bond donors (Lipinski definition) is 1. The van der Waals surface area contributed by atoms with Gasteiger partial charge in [0.15, 0.2) is 0 Å². The zero-order chi connectivity index (χ0) is 10.6. The van der Waals surface area contributed by atoms with Gasteiger partial charge in [0, 0.05) is 17.2 Å². The van der Waals surface area contributed by atoms with E-state index < -0.39 is 9.05 Å². The second kappa shape index (κ2) is 4.43. The van der Waals surface area contributed by atoms with E-state index in [1.165, 1.54) is 12.1 Å². The molecule has 0 atom stereocenters. The normalized spacial score (nSPS) is 10.9. The molecule has 0 saturated carbocycles. The predicted molar refractivity (Wildman–Crippen MR) is 52.4 cm³/mol. The van der Waals surface area contributed by atoms with Crippen molar-refractivity contribution in [3.63, 3.8) is 0 Å². The molecule has 1 amide bonds. The summed E-state index contributed by atoms with van der Waals surface area (Å²) in [7, 11) is 1.46. The van der Waals surface area contributed by atoms with Crippen molar-refractivity contribution < 1.29 is 13.2 Å². The maximum absolute atomic E-state index is 10.9. The quantitative estimate of drug-likeness (QED) is 0.620. The van der Waals surface area contributed by atoms with Crippen LogP contribution in [0.1, 0.15) is 5.56 Å². The van der Waals surface area contributed by atoms with Crippen molar-refractivity contribution in [1.29, 1.82) is 0 Å². The molecule has 4 nitrogen and oxygen atoms in total. The highest BCUT2D eigenvalue weighted by atomic mass is 35.7. The summed E-state index contributed by atoms with van der Waals surface area (Å²) in [5, 5.41) is 2.46. The van der Waals surface area contributed by atoms with E-state index in [2.05, 4.69) is 5.32 Å². The summed E-state index contributed by atoms with van der Waals surface area (Å²) < 4.78 is 21.7. The van der Waals surface area contributed by atoms with E-state index in [4.69, 9.17) is 10.7 Å². The second-order valence-electron chi connectivity index (χ2n) is 2.58. The molecular weight excluding hydrogens is 226 g/mol. The number of carbonyl (C=O) groups is 1. The summed E-state index contributed by atoms with van der Waals surface area (Å²) in [6, 6.07) is 5.96. The number of halogens is 1. The standard InChI is InChI=1S/C8H8ClNO3S/c9-14(12,13)8-3-1-7(2-4-8)5-10-6-11/h1-4,6H,5H2,(H,10,11). The van der Waals surface area contributed by atoms with E-state index in [0.29, 0.717) is 13.0 Å². The van der Waals surface area contributed by atoms with Gasteiger partial charge in [-0.3, -0.25) is 4.79 Å². The molecule has 0 saturated heterocycles. The van der Waals surface area contributed by atoms with Crippen LogP contribution in [0.5, 0.6) is 0 Å². The average molecular weight is 234 g/mol. The van der Waals surface area contributed by atoms with E-state index in [0.717, 1.165) is 5.56 Å². The third-order valence-electron chi connectivity index (χ3n) is 1.59. The molecule has 0 aliphatic heterocycles. The minimum atomic E-state index is -3.66. The molecule has 76 valence electrons. The Kier molecular flexibility index (Phi) is 3.49. The Labute approximate surface area is 86.3 Å². The van der Waals surface area contributed by atoms with Gasteiger partial charge in [-0.15, -0.1) is 0 Å². The lowest BCUT2D eigenvalue weighted by molar-refractivity contribution is -0.109. The fraction of sp³-hybridized carbons (Fsp3) is 0.125. The number of benzene rings is 1. The number of rotatable bonds is 4. The van der Waals surface area contributed by atoms with Crippen LogP contribution in [-0.4, -0.2) is 14.8 Å². The Morgan fingerprint density at radius 2 is 1.86 bits per heavy atom. The van der Waals surface area contributed by atoms with Crippen LogP contribution in [-0.2, 0) is 20.4 Å². The van der Waals surface area contributed by atoms with Gasteiger partial charge >= 0.3 is 0 Å². The van der Waals surface area contributed by atoms with Gasteiger partial charge in [0.1, 0.15) is 0 Å². The van der Waals surface area contributed by atoms with Crippen LogP contribution < -0.4 is 5.32 Å². The third kappa shape index (κ3) is 3.01. The fourth-order valence-electron chi connectivity index (χ4n) is 0.929. The summed E-state index contributed by atoms with van der Waals surface area (Å²) in [4.78, 5) is 10.0. The molecule has 0 spiro atoms. The molecule has 1 aromatic carbocycles. The monoisotopic (exact) mass is 233 g/mol. The first-order valence-corrected chi connectivity index (χ1v) is 6.05. The van der Waals surface area contributed by atoms with Crippen LogP contribution in [0.25, 0.3) is 0 Å². The van der Waals surface area contributed by atoms with Gasteiger partial charge in [-0.2, -0.15) is 0 Å². The van der Waals surface area contributed by atoms with Crippen molar-refractivity contribution in [2.45, 2.75) is 11.4 Å². The second-order valence-corrected chi connectivity index (χ2v) is 5.15. The maximum atomic E-state index is 10.9. The lowest BCUT2D eigenvalue weighted by atomic mass is 10.2. The molecule has 0 unspecified atom stereocenters. The van der Waals surface area contributed by atoms with Gasteiger partial charge in [0.05, 0.1) is 4.90 Å². The maximum Gasteiger partial charge on any atom is 0.261 e. The van der Waals surface area contributed by atoms with Crippen molar-refractivity contribution in [3.8, 4) is 0 Å². The molecule has 0 aromatic heterocycles. The first-order chi connectivity index (χ1) is 6.54. The Bertz CT molecular complexity index is 413. The first kappa shape index (κ1) is 11.0. The van der Waals surface area contributed by atoms with Gasteiger partial charge in [-0.1, -0.05) is 12.1 Å². The molecule has 0 bridgehead atoms. The molecule has 0 aliphatic rings. The highest BCUT2D eigenvalue weighted by Crippen LogP contribution is 2.14. The largest absolute Gasteiger partial charge is 0.355 e. The summed E-state index contributed by atoms with van der Waals surface area (Å²) in [5.41, 5.74) is 0.807. The zero-order valence-corrected chi connectivity index (χ0v) is 8.68. The van der Waals surface area contributed by atoms with Gasteiger partial charge in [0.25, 0.3) is 9.05 Å². The third-order valence-corrected chi connectivity index (χ3v) is 2.96. The van der Waals surface area contributed by atoms with Crippen molar-refractivity contribution in [2.24, 2.45) is 0 Å². The lowest BCUT2D eigenvalue weighted by Crippen LogP contribution is -2.09. The first-order valence-electron chi connectivity index (χ1n) is 3.74. The lowest BCUT2D eigenvalue weighted by Gasteiger charge is -2.00. The number of nitrogens with one attached hydrogen (secondary N) is 1. The molecule has 0 radical (unpaired) electrons. The smallest absolute Gasteiger partial charge is 0.261 e. The van der Waals surface area contributed by atoms with E-state index in [-0.39, 0.29) is 4.90 Å². The molecule has 1 aromatic rings. The number of hydrogen-bond acceptors (Lipinski definition) is 3. The molecule has 0 heterocycles. The predicted octanol–water partition coefficient (Wildman–Crippen LogP) is 0.860. The van der Waals surface area contributed by atoms with Crippen molar-refractivity contribution in [2.75, 3.05) is 0 Å². The Morgan fingerprint density at radius 1 is 1.29 bits per heavy atom. The van der Waals surface area contributed by atoms with Crippen LogP contribution in [0.2, 0.25) is 0 Å². The molecule has 1 rings (SSSR count). The highest BCUT2D eigenvalue weighted by Gasteiger charge is 2.08. The van der Waals surface area contributed by atoms with E-state index in [1.807, 2.05) is 0 Å². The minimum absolute atomic E-state index is 0.0500. The van der Waals surface area contributed by atoms with Crippen LogP contribution in [0.3, 0.4) is 0 Å². The van der Waals surface area contributed by atoms with Crippen LogP contribution in [0.15, 0.2) is 29.2 Å². The number of amides is 1. The Hall–Kier alpha value is -1.07. The summed E-state index contributed by atoms with van der Waals surface area (Å²) in [6.07, 6.45) is 0.576. The molecule has 14 heavy (non-hydrogen) atoms. The van der Waals surface area contributed by atoms with E-state index >= 15 is 0 Å². The van der Waals surface area contributed by atoms with E-state index in [9.17, 15) is 13.2 Å². The molecule has 1 N–H and O–H groups in total. The van der Waals surface area contributed by atoms with Gasteiger partial charge < -0.3 is 5.32 Å².